The molecule has 0 spiro atoms. The molecule has 1 amide bonds. The molecule has 0 aliphatic carbocycles. The lowest BCUT2D eigenvalue weighted by molar-refractivity contribution is -0.115. The summed E-state index contributed by atoms with van der Waals surface area (Å²) in [4.78, 5) is 25.5. The fraction of sp³-hybridized carbons (Fsp3) is 0.211. The van der Waals surface area contributed by atoms with E-state index in [1.165, 1.54) is 23.1 Å². The number of hydrogen-bond acceptors (Lipinski definition) is 7. The van der Waals surface area contributed by atoms with E-state index in [9.17, 15) is 10.1 Å². The molecular weight excluding hydrogens is 378 g/mol. The van der Waals surface area contributed by atoms with Crippen LogP contribution in [0.15, 0.2) is 40.7 Å². The van der Waals surface area contributed by atoms with Crippen molar-refractivity contribution in [2.75, 3.05) is 5.32 Å². The Balaban J connectivity index is 1.71. The third-order valence-corrected chi connectivity index (χ3v) is 5.59. The Kier molecular flexibility index (Phi) is 5.84. The second-order valence-electron chi connectivity index (χ2n) is 5.80. The van der Waals surface area contributed by atoms with Gasteiger partial charge in [0.15, 0.2) is 5.13 Å². The van der Waals surface area contributed by atoms with Gasteiger partial charge in [-0.15, -0.1) is 11.3 Å². The van der Waals surface area contributed by atoms with Gasteiger partial charge >= 0.3 is 0 Å². The molecule has 1 atom stereocenters. The van der Waals surface area contributed by atoms with Crippen molar-refractivity contribution < 1.29 is 4.79 Å². The minimum absolute atomic E-state index is 0.188. The third-order valence-electron chi connectivity index (χ3n) is 3.74. The summed E-state index contributed by atoms with van der Waals surface area (Å²) in [5.41, 5.74) is 2.85. The van der Waals surface area contributed by atoms with Gasteiger partial charge in [-0.3, -0.25) is 4.79 Å². The van der Waals surface area contributed by atoms with Gasteiger partial charge in [-0.2, -0.15) is 5.26 Å². The van der Waals surface area contributed by atoms with Gasteiger partial charge in [0.2, 0.25) is 5.91 Å². The lowest BCUT2D eigenvalue weighted by Gasteiger charge is -2.12. The van der Waals surface area contributed by atoms with Crippen LogP contribution in [-0.4, -0.2) is 26.1 Å². The van der Waals surface area contributed by atoms with Crippen molar-refractivity contribution in [3.8, 4) is 17.3 Å². The number of benzene rings is 1. The second kappa shape index (κ2) is 8.29. The van der Waals surface area contributed by atoms with Crippen LogP contribution in [0.4, 0.5) is 5.13 Å². The summed E-state index contributed by atoms with van der Waals surface area (Å²) >= 11 is 2.62. The van der Waals surface area contributed by atoms with Crippen LogP contribution in [0.25, 0.3) is 11.3 Å². The predicted octanol–water partition coefficient (Wildman–Crippen LogP) is 4.21. The maximum absolute atomic E-state index is 12.5. The monoisotopic (exact) mass is 395 g/mol. The highest BCUT2D eigenvalue weighted by Gasteiger charge is 2.20. The van der Waals surface area contributed by atoms with Crippen LogP contribution in [0.2, 0.25) is 0 Å². The number of carbonyl (C=O) groups excluding carboxylic acids is 1. The molecule has 0 bridgehead atoms. The molecule has 2 aromatic heterocycles. The predicted molar refractivity (Wildman–Crippen MR) is 108 cm³/mol. The Morgan fingerprint density at radius 1 is 1.22 bits per heavy atom. The molecule has 0 aliphatic heterocycles. The van der Waals surface area contributed by atoms with Gasteiger partial charge in [0.05, 0.1) is 16.6 Å². The molecule has 2 heterocycles. The maximum atomic E-state index is 12.5. The zero-order valence-electron chi connectivity index (χ0n) is 15.1. The number of amides is 1. The number of carbonyl (C=O) groups is 1. The SMILES string of the molecule is Cc1nc(C)c(C#N)c(SC(C)C(=O)Nc2nc(-c3ccccc3)cs2)n1. The number of hydrogen-bond donors (Lipinski definition) is 1. The van der Waals surface area contributed by atoms with E-state index < -0.39 is 5.25 Å². The number of rotatable bonds is 5. The number of anilines is 1. The maximum Gasteiger partial charge on any atom is 0.239 e. The molecule has 0 fully saturated rings. The minimum Gasteiger partial charge on any atom is -0.301 e. The highest BCUT2D eigenvalue weighted by molar-refractivity contribution is 8.00. The van der Waals surface area contributed by atoms with Crippen LogP contribution in [0, 0.1) is 25.2 Å². The zero-order valence-corrected chi connectivity index (χ0v) is 16.7. The van der Waals surface area contributed by atoms with Crippen molar-refractivity contribution in [1.82, 2.24) is 15.0 Å². The van der Waals surface area contributed by atoms with Gasteiger partial charge in [-0.1, -0.05) is 42.1 Å². The van der Waals surface area contributed by atoms with Crippen LogP contribution in [0.5, 0.6) is 0 Å². The molecule has 0 saturated carbocycles. The van der Waals surface area contributed by atoms with Crippen molar-refractivity contribution in [2.24, 2.45) is 0 Å². The zero-order chi connectivity index (χ0) is 19.4. The Labute approximate surface area is 165 Å². The molecule has 27 heavy (non-hydrogen) atoms. The average Bonchev–Trinajstić information content (AvgIpc) is 3.10. The van der Waals surface area contributed by atoms with E-state index in [4.69, 9.17) is 0 Å². The van der Waals surface area contributed by atoms with Crippen LogP contribution in [0.1, 0.15) is 24.0 Å². The number of thioether (sulfide) groups is 1. The number of nitrogens with one attached hydrogen (secondary N) is 1. The molecule has 1 N–H and O–H groups in total. The molecule has 3 aromatic rings. The van der Waals surface area contributed by atoms with Gasteiger partial charge in [-0.05, 0) is 20.8 Å². The van der Waals surface area contributed by atoms with Crippen molar-refractivity contribution in [1.29, 1.82) is 5.26 Å². The highest BCUT2D eigenvalue weighted by Crippen LogP contribution is 2.28. The molecule has 136 valence electrons. The van der Waals surface area contributed by atoms with Crippen molar-refractivity contribution in [2.45, 2.75) is 31.0 Å². The first-order valence-corrected chi connectivity index (χ1v) is 9.97. The molecular formula is C19H17N5OS2. The molecule has 1 aromatic carbocycles. The molecule has 6 nitrogen and oxygen atoms in total. The summed E-state index contributed by atoms with van der Waals surface area (Å²) in [6.45, 7) is 5.31. The topological polar surface area (TPSA) is 91.6 Å². The van der Waals surface area contributed by atoms with Gasteiger partial charge < -0.3 is 5.32 Å². The summed E-state index contributed by atoms with van der Waals surface area (Å²) in [5, 5.41) is 14.7. The van der Waals surface area contributed by atoms with E-state index in [0.717, 1.165) is 11.3 Å². The lowest BCUT2D eigenvalue weighted by Crippen LogP contribution is -2.22. The molecule has 0 saturated heterocycles. The lowest BCUT2D eigenvalue weighted by atomic mass is 10.2. The number of nitriles is 1. The summed E-state index contributed by atoms with van der Waals surface area (Å²) in [5.74, 6) is 0.390. The molecule has 3 rings (SSSR count). The minimum atomic E-state index is -0.435. The molecule has 8 heteroatoms. The Hall–Kier alpha value is -2.76. The summed E-state index contributed by atoms with van der Waals surface area (Å²) < 4.78 is 0. The van der Waals surface area contributed by atoms with E-state index in [0.29, 0.717) is 27.2 Å². The number of aromatic nitrogens is 3. The number of aryl methyl sites for hydroxylation is 2. The van der Waals surface area contributed by atoms with E-state index in [1.807, 2.05) is 35.7 Å². The van der Waals surface area contributed by atoms with E-state index >= 15 is 0 Å². The fourth-order valence-electron chi connectivity index (χ4n) is 2.40. The van der Waals surface area contributed by atoms with Crippen LogP contribution in [-0.2, 0) is 4.79 Å². The smallest absolute Gasteiger partial charge is 0.239 e. The second-order valence-corrected chi connectivity index (χ2v) is 7.99. The standard InChI is InChI=1S/C19H17N5OS2/c1-11-15(9-20)18(22-13(3)21-11)27-12(2)17(25)24-19-23-16(10-26-19)14-7-5-4-6-8-14/h4-8,10,12H,1-3H3,(H,23,24,25). The quantitative estimate of drug-likeness (QED) is 0.514. The molecule has 1 unspecified atom stereocenters. The normalized spacial score (nSPS) is 11.6. The first-order valence-electron chi connectivity index (χ1n) is 8.21. The fourth-order valence-corrected chi connectivity index (χ4v) is 4.12. The van der Waals surface area contributed by atoms with E-state index in [1.54, 1.807) is 20.8 Å². The largest absolute Gasteiger partial charge is 0.301 e. The van der Waals surface area contributed by atoms with Crippen LogP contribution >= 0.6 is 23.1 Å². The summed E-state index contributed by atoms with van der Waals surface area (Å²) in [7, 11) is 0. The molecule has 0 aliphatic rings. The van der Waals surface area contributed by atoms with Crippen molar-refractivity contribution in [3.63, 3.8) is 0 Å². The van der Waals surface area contributed by atoms with Crippen molar-refractivity contribution >= 4 is 34.1 Å². The highest BCUT2D eigenvalue weighted by atomic mass is 32.2. The van der Waals surface area contributed by atoms with Crippen LogP contribution in [0.3, 0.4) is 0 Å². The average molecular weight is 396 g/mol. The van der Waals surface area contributed by atoms with Crippen LogP contribution < -0.4 is 5.32 Å². The Morgan fingerprint density at radius 2 is 1.96 bits per heavy atom. The Bertz CT molecular complexity index is 1010. The third kappa shape index (κ3) is 4.51. The molecule has 0 radical (unpaired) electrons. The summed E-state index contributed by atoms with van der Waals surface area (Å²) in [6.07, 6.45) is 0. The number of nitrogens with zero attached hydrogens (tertiary/aromatic N) is 4. The van der Waals surface area contributed by atoms with Gasteiger partial charge in [-0.25, -0.2) is 15.0 Å². The van der Waals surface area contributed by atoms with E-state index in [2.05, 4.69) is 26.3 Å². The summed E-state index contributed by atoms with van der Waals surface area (Å²) in [6, 6.07) is 11.9. The number of thiazole rings is 1. The van der Waals surface area contributed by atoms with E-state index in [-0.39, 0.29) is 5.91 Å². The first-order chi connectivity index (χ1) is 13.0. The van der Waals surface area contributed by atoms with Gasteiger partial charge in [0.1, 0.15) is 22.5 Å². The first kappa shape index (κ1) is 19.0. The van der Waals surface area contributed by atoms with Crippen molar-refractivity contribution in [3.05, 3.63) is 52.8 Å². The Morgan fingerprint density at radius 3 is 2.67 bits per heavy atom. The van der Waals surface area contributed by atoms with Gasteiger partial charge in [0.25, 0.3) is 0 Å². The van der Waals surface area contributed by atoms with Gasteiger partial charge in [0, 0.05) is 10.9 Å².